The number of nitrogens with one attached hydrogen (secondary N) is 1. The van der Waals surface area contributed by atoms with Gasteiger partial charge in [0.15, 0.2) is 5.82 Å². The highest BCUT2D eigenvalue weighted by Gasteiger charge is 2.11. The predicted molar refractivity (Wildman–Crippen MR) is 72.3 cm³/mol. The largest absolute Gasteiger partial charge is 0.497 e. The first-order valence-electron chi connectivity index (χ1n) is 5.62. The average molecular weight is 244 g/mol. The molecule has 0 aliphatic rings. The molecule has 5 nitrogen and oxygen atoms in total. The number of nitrogens with two attached hydrogens (primary N) is 1. The fourth-order valence-corrected chi connectivity index (χ4v) is 1.77. The lowest BCUT2D eigenvalue weighted by Crippen LogP contribution is -2.04. The molecule has 0 aliphatic heterocycles. The number of aromatic nitrogens is 2. The number of amidine groups is 1. The number of nitrogens with zero attached hydrogens (tertiary/aromatic N) is 2. The Morgan fingerprint density at radius 3 is 2.56 bits per heavy atom. The first kappa shape index (κ1) is 12.2. The summed E-state index contributed by atoms with van der Waals surface area (Å²) in [5.41, 5.74) is 8.55. The first-order chi connectivity index (χ1) is 8.61. The maximum absolute atomic E-state index is 5.60. The van der Waals surface area contributed by atoms with E-state index in [2.05, 4.69) is 15.2 Å². The molecule has 1 aromatic carbocycles. The number of hydrogen-bond acceptors (Lipinski definition) is 3. The van der Waals surface area contributed by atoms with Crippen molar-refractivity contribution < 1.29 is 4.74 Å². The minimum Gasteiger partial charge on any atom is -0.497 e. The summed E-state index contributed by atoms with van der Waals surface area (Å²) in [4.78, 5) is 4.22. The SMILES string of the molecule is COc1ccc(-c2c(N=C(C)N)n[nH]c2C)cc1. The van der Waals surface area contributed by atoms with Gasteiger partial charge in [-0.15, -0.1) is 0 Å². The van der Waals surface area contributed by atoms with Gasteiger partial charge in [-0.05, 0) is 31.5 Å². The van der Waals surface area contributed by atoms with Crippen molar-refractivity contribution >= 4 is 11.7 Å². The second kappa shape index (κ2) is 4.91. The van der Waals surface area contributed by atoms with Gasteiger partial charge in [0.1, 0.15) is 5.75 Å². The lowest BCUT2D eigenvalue weighted by Gasteiger charge is -2.03. The number of rotatable bonds is 3. The van der Waals surface area contributed by atoms with Crippen molar-refractivity contribution in [2.75, 3.05) is 7.11 Å². The molecule has 1 aromatic heterocycles. The van der Waals surface area contributed by atoms with E-state index in [1.807, 2.05) is 31.2 Å². The van der Waals surface area contributed by atoms with Gasteiger partial charge in [0.25, 0.3) is 0 Å². The molecule has 2 aromatic rings. The monoisotopic (exact) mass is 244 g/mol. The van der Waals surface area contributed by atoms with Crippen LogP contribution in [0.2, 0.25) is 0 Å². The summed E-state index contributed by atoms with van der Waals surface area (Å²) in [7, 11) is 1.64. The Hall–Kier alpha value is -2.30. The maximum atomic E-state index is 5.60. The van der Waals surface area contributed by atoms with E-state index in [1.54, 1.807) is 14.0 Å². The van der Waals surface area contributed by atoms with E-state index in [0.717, 1.165) is 22.6 Å². The molecular formula is C13H16N4O. The van der Waals surface area contributed by atoms with Crippen LogP contribution in [0.5, 0.6) is 5.75 Å². The number of hydrogen-bond donors (Lipinski definition) is 2. The Bertz CT molecular complexity index is 565. The summed E-state index contributed by atoms with van der Waals surface area (Å²) in [5, 5.41) is 7.08. The second-order valence-electron chi connectivity index (χ2n) is 4.03. The van der Waals surface area contributed by atoms with Crippen molar-refractivity contribution in [2.24, 2.45) is 10.7 Å². The maximum Gasteiger partial charge on any atom is 0.183 e. The van der Waals surface area contributed by atoms with Gasteiger partial charge in [-0.2, -0.15) is 5.10 Å². The number of aromatic amines is 1. The van der Waals surface area contributed by atoms with Crippen LogP contribution in [-0.2, 0) is 0 Å². The lowest BCUT2D eigenvalue weighted by atomic mass is 10.1. The van der Waals surface area contributed by atoms with Gasteiger partial charge in [-0.3, -0.25) is 5.10 Å². The number of aryl methyl sites for hydroxylation is 1. The summed E-state index contributed by atoms with van der Waals surface area (Å²) in [6.07, 6.45) is 0. The molecule has 0 aliphatic carbocycles. The van der Waals surface area contributed by atoms with Crippen molar-refractivity contribution in [3.05, 3.63) is 30.0 Å². The van der Waals surface area contributed by atoms with Crippen LogP contribution in [-0.4, -0.2) is 23.1 Å². The van der Waals surface area contributed by atoms with Crippen LogP contribution in [0.1, 0.15) is 12.6 Å². The second-order valence-corrected chi connectivity index (χ2v) is 4.03. The Morgan fingerprint density at radius 2 is 2.00 bits per heavy atom. The van der Waals surface area contributed by atoms with E-state index in [4.69, 9.17) is 10.5 Å². The zero-order valence-corrected chi connectivity index (χ0v) is 10.7. The van der Waals surface area contributed by atoms with E-state index in [0.29, 0.717) is 11.7 Å². The van der Waals surface area contributed by atoms with E-state index in [-0.39, 0.29) is 0 Å². The number of benzene rings is 1. The van der Waals surface area contributed by atoms with E-state index < -0.39 is 0 Å². The molecule has 0 atom stereocenters. The zero-order chi connectivity index (χ0) is 13.1. The van der Waals surface area contributed by atoms with Crippen molar-refractivity contribution in [2.45, 2.75) is 13.8 Å². The van der Waals surface area contributed by atoms with Crippen molar-refractivity contribution in [3.8, 4) is 16.9 Å². The molecule has 0 bridgehead atoms. The zero-order valence-electron chi connectivity index (χ0n) is 10.7. The van der Waals surface area contributed by atoms with E-state index >= 15 is 0 Å². The smallest absolute Gasteiger partial charge is 0.183 e. The van der Waals surface area contributed by atoms with E-state index in [9.17, 15) is 0 Å². The van der Waals surface area contributed by atoms with Gasteiger partial charge in [0, 0.05) is 11.3 Å². The van der Waals surface area contributed by atoms with E-state index in [1.165, 1.54) is 0 Å². The molecule has 0 fully saturated rings. The minimum atomic E-state index is 0.483. The third kappa shape index (κ3) is 2.34. The number of aliphatic imine (C=N–C) groups is 1. The first-order valence-corrected chi connectivity index (χ1v) is 5.62. The van der Waals surface area contributed by atoms with Gasteiger partial charge >= 0.3 is 0 Å². The fourth-order valence-electron chi connectivity index (χ4n) is 1.77. The van der Waals surface area contributed by atoms with Crippen molar-refractivity contribution in [3.63, 3.8) is 0 Å². The summed E-state index contributed by atoms with van der Waals surface area (Å²) < 4.78 is 5.14. The average Bonchev–Trinajstić information content (AvgIpc) is 2.70. The summed E-state index contributed by atoms with van der Waals surface area (Å²) in [6.45, 7) is 3.69. The van der Waals surface area contributed by atoms with Gasteiger partial charge in [0.2, 0.25) is 0 Å². The van der Waals surface area contributed by atoms with Crippen LogP contribution in [0.25, 0.3) is 11.1 Å². The molecule has 0 amide bonds. The predicted octanol–water partition coefficient (Wildman–Crippen LogP) is 2.40. The van der Waals surface area contributed by atoms with Crippen LogP contribution < -0.4 is 10.5 Å². The summed E-state index contributed by atoms with van der Waals surface area (Å²) in [5.74, 6) is 1.91. The molecule has 5 heteroatoms. The molecule has 3 N–H and O–H groups in total. The lowest BCUT2D eigenvalue weighted by molar-refractivity contribution is 0.415. The standard InChI is InChI=1S/C13H16N4O/c1-8-12(13(17-16-8)15-9(2)14)10-4-6-11(18-3)7-5-10/h4-7H,1-3H3,(H3,14,15,16,17). The quantitative estimate of drug-likeness (QED) is 0.643. The molecule has 0 radical (unpaired) electrons. The van der Waals surface area contributed by atoms with Gasteiger partial charge in [-0.25, -0.2) is 4.99 Å². The molecule has 1 heterocycles. The minimum absolute atomic E-state index is 0.483. The molecular weight excluding hydrogens is 228 g/mol. The number of H-pyrrole nitrogens is 1. The topological polar surface area (TPSA) is 76.3 Å². The molecule has 2 rings (SSSR count). The molecule has 0 unspecified atom stereocenters. The van der Waals surface area contributed by atoms with Crippen LogP contribution in [0.4, 0.5) is 5.82 Å². The van der Waals surface area contributed by atoms with Crippen LogP contribution in [0.15, 0.2) is 29.3 Å². The van der Waals surface area contributed by atoms with Crippen LogP contribution in [0, 0.1) is 6.92 Å². The van der Waals surface area contributed by atoms with Gasteiger partial charge in [-0.1, -0.05) is 12.1 Å². The summed E-state index contributed by atoms with van der Waals surface area (Å²) in [6, 6.07) is 7.76. The summed E-state index contributed by atoms with van der Waals surface area (Å²) >= 11 is 0. The van der Waals surface area contributed by atoms with Crippen molar-refractivity contribution in [1.29, 1.82) is 0 Å². The van der Waals surface area contributed by atoms with Gasteiger partial charge < -0.3 is 10.5 Å². The Morgan fingerprint density at radius 1 is 1.33 bits per heavy atom. The number of methoxy groups -OCH3 is 1. The highest BCUT2D eigenvalue weighted by Crippen LogP contribution is 2.32. The Balaban J connectivity index is 2.48. The number of ether oxygens (including phenoxy) is 1. The fraction of sp³-hybridized carbons (Fsp3) is 0.231. The molecule has 0 saturated carbocycles. The van der Waals surface area contributed by atoms with Crippen molar-refractivity contribution in [1.82, 2.24) is 10.2 Å². The van der Waals surface area contributed by atoms with Crippen LogP contribution >= 0.6 is 0 Å². The molecule has 94 valence electrons. The Labute approximate surface area is 106 Å². The molecule has 18 heavy (non-hydrogen) atoms. The molecule has 0 spiro atoms. The molecule has 0 saturated heterocycles. The van der Waals surface area contributed by atoms with Gasteiger partial charge in [0.05, 0.1) is 12.9 Å². The normalized spacial score (nSPS) is 11.6. The third-order valence-corrected chi connectivity index (χ3v) is 2.59. The highest BCUT2D eigenvalue weighted by atomic mass is 16.5. The highest BCUT2D eigenvalue weighted by molar-refractivity contribution is 5.84. The Kier molecular flexibility index (Phi) is 3.32. The third-order valence-electron chi connectivity index (χ3n) is 2.59. The van der Waals surface area contributed by atoms with Crippen LogP contribution in [0.3, 0.4) is 0 Å².